The number of carbonyl (C=O) groups is 1. The van der Waals surface area contributed by atoms with Gasteiger partial charge in [-0.25, -0.2) is 4.79 Å². The lowest BCUT2D eigenvalue weighted by molar-refractivity contribution is -0.265. The third-order valence-electron chi connectivity index (χ3n) is 3.80. The van der Waals surface area contributed by atoms with Crippen molar-refractivity contribution in [2.75, 3.05) is 11.9 Å². The van der Waals surface area contributed by atoms with Crippen LogP contribution < -0.4 is 4.90 Å². The molecule has 0 amide bonds. The molecule has 3 nitrogen and oxygen atoms in total. The van der Waals surface area contributed by atoms with Gasteiger partial charge in [-0.3, -0.25) is 0 Å². The average Bonchev–Trinajstić information content (AvgIpc) is 2.50. The predicted octanol–water partition coefficient (Wildman–Crippen LogP) is 4.36. The van der Waals surface area contributed by atoms with Crippen molar-refractivity contribution in [3.63, 3.8) is 0 Å². The van der Waals surface area contributed by atoms with Crippen LogP contribution in [0.25, 0.3) is 0 Å². The van der Waals surface area contributed by atoms with Gasteiger partial charge in [-0.05, 0) is 18.2 Å². The number of anilines is 1. The molecule has 3 rings (SSSR count). The van der Waals surface area contributed by atoms with E-state index in [-0.39, 0.29) is 21.8 Å². The molecular formula is C16H11ClF3NO2. The molecule has 1 heterocycles. The first-order valence-corrected chi connectivity index (χ1v) is 7.04. The van der Waals surface area contributed by atoms with Gasteiger partial charge in [0.1, 0.15) is 0 Å². The molecule has 0 fully saturated rings. The normalized spacial score (nSPS) is 20.9. The largest absolute Gasteiger partial charge is 0.453 e. The zero-order chi connectivity index (χ0) is 16.8. The summed E-state index contributed by atoms with van der Waals surface area (Å²) in [5.74, 6) is -1.07. The van der Waals surface area contributed by atoms with Crippen LogP contribution in [0.2, 0.25) is 5.02 Å². The van der Waals surface area contributed by atoms with E-state index in [1.165, 1.54) is 49.5 Å². The number of benzene rings is 2. The monoisotopic (exact) mass is 341 g/mol. The first-order chi connectivity index (χ1) is 10.8. The number of ether oxygens (including phenoxy) is 1. The van der Waals surface area contributed by atoms with Gasteiger partial charge in [0.15, 0.2) is 0 Å². The summed E-state index contributed by atoms with van der Waals surface area (Å²) in [5.41, 5.74) is -2.96. The topological polar surface area (TPSA) is 29.5 Å². The Bertz CT molecular complexity index is 764. The van der Waals surface area contributed by atoms with Crippen LogP contribution in [0.4, 0.5) is 18.9 Å². The van der Waals surface area contributed by atoms with E-state index in [4.69, 9.17) is 16.3 Å². The molecule has 1 atom stereocenters. The van der Waals surface area contributed by atoms with E-state index < -0.39 is 17.9 Å². The van der Waals surface area contributed by atoms with Gasteiger partial charge in [-0.15, -0.1) is 0 Å². The molecule has 1 aliphatic heterocycles. The molecule has 0 saturated carbocycles. The Hall–Kier alpha value is -2.21. The lowest BCUT2D eigenvalue weighted by Gasteiger charge is -2.46. The van der Waals surface area contributed by atoms with E-state index >= 15 is 0 Å². The fraction of sp³-hybridized carbons (Fsp3) is 0.188. The second kappa shape index (κ2) is 5.16. The minimum absolute atomic E-state index is 0.00388. The number of esters is 1. The molecule has 1 aliphatic rings. The standard InChI is InChI=1S/C16H11ClF3NO2/c1-21-13-8-7-11(17)9-12(13)14(22)23-15(21,16(18,19)20)10-5-3-2-4-6-10/h2-9H,1H3/t15-/m0/s1. The quantitative estimate of drug-likeness (QED) is 0.722. The minimum atomic E-state index is -4.84. The zero-order valence-electron chi connectivity index (χ0n) is 11.9. The Morgan fingerprint density at radius 2 is 1.78 bits per heavy atom. The fourth-order valence-electron chi connectivity index (χ4n) is 2.72. The van der Waals surface area contributed by atoms with Gasteiger partial charge in [-0.1, -0.05) is 41.9 Å². The van der Waals surface area contributed by atoms with Crippen LogP contribution in [-0.2, 0) is 10.5 Å². The van der Waals surface area contributed by atoms with Gasteiger partial charge in [0, 0.05) is 17.6 Å². The van der Waals surface area contributed by atoms with Crippen molar-refractivity contribution >= 4 is 23.3 Å². The predicted molar refractivity (Wildman–Crippen MR) is 79.4 cm³/mol. The number of hydrogen-bond donors (Lipinski definition) is 0. The Kier molecular flexibility index (Phi) is 3.52. The maximum atomic E-state index is 13.9. The minimum Gasteiger partial charge on any atom is -0.421 e. The van der Waals surface area contributed by atoms with Crippen LogP contribution in [0.15, 0.2) is 48.5 Å². The van der Waals surface area contributed by atoms with Crippen LogP contribution in [0, 0.1) is 0 Å². The van der Waals surface area contributed by atoms with Crippen molar-refractivity contribution in [3.05, 3.63) is 64.7 Å². The van der Waals surface area contributed by atoms with E-state index in [9.17, 15) is 18.0 Å². The molecule has 23 heavy (non-hydrogen) atoms. The highest BCUT2D eigenvalue weighted by molar-refractivity contribution is 6.31. The number of nitrogens with zero attached hydrogens (tertiary/aromatic N) is 1. The lowest BCUT2D eigenvalue weighted by atomic mass is 9.96. The molecule has 0 spiro atoms. The molecule has 2 aromatic rings. The van der Waals surface area contributed by atoms with E-state index in [2.05, 4.69) is 0 Å². The van der Waals surface area contributed by atoms with Crippen molar-refractivity contribution in [3.8, 4) is 0 Å². The summed E-state index contributed by atoms with van der Waals surface area (Å²) >= 11 is 5.82. The third-order valence-corrected chi connectivity index (χ3v) is 4.04. The van der Waals surface area contributed by atoms with E-state index in [0.717, 1.165) is 4.90 Å². The van der Waals surface area contributed by atoms with Gasteiger partial charge in [0.2, 0.25) is 0 Å². The highest BCUT2D eigenvalue weighted by Crippen LogP contribution is 2.50. The molecule has 2 aromatic carbocycles. The van der Waals surface area contributed by atoms with Crippen molar-refractivity contribution in [1.82, 2.24) is 0 Å². The molecule has 120 valence electrons. The van der Waals surface area contributed by atoms with Crippen molar-refractivity contribution in [1.29, 1.82) is 0 Å². The highest BCUT2D eigenvalue weighted by Gasteiger charge is 2.65. The van der Waals surface area contributed by atoms with Crippen molar-refractivity contribution in [2.45, 2.75) is 11.9 Å². The van der Waals surface area contributed by atoms with Gasteiger partial charge in [0.05, 0.1) is 11.3 Å². The maximum absolute atomic E-state index is 13.9. The number of rotatable bonds is 1. The first kappa shape index (κ1) is 15.7. The molecule has 0 saturated heterocycles. The number of carbonyl (C=O) groups excluding carboxylic acids is 1. The summed E-state index contributed by atoms with van der Waals surface area (Å²) in [4.78, 5) is 13.1. The summed E-state index contributed by atoms with van der Waals surface area (Å²) in [6, 6.07) is 11.2. The Morgan fingerprint density at radius 3 is 2.39 bits per heavy atom. The molecule has 0 radical (unpaired) electrons. The first-order valence-electron chi connectivity index (χ1n) is 6.66. The molecule has 0 unspecified atom stereocenters. The SMILES string of the molecule is CN1c2ccc(Cl)cc2C(=O)O[C@@]1(c1ccccc1)C(F)(F)F. The highest BCUT2D eigenvalue weighted by atomic mass is 35.5. The number of fused-ring (bicyclic) bond motifs is 1. The van der Waals surface area contributed by atoms with E-state index in [1.807, 2.05) is 0 Å². The second-order valence-corrected chi connectivity index (χ2v) is 5.55. The fourth-order valence-corrected chi connectivity index (χ4v) is 2.89. The Labute approximate surface area is 135 Å². The Morgan fingerprint density at radius 1 is 1.13 bits per heavy atom. The van der Waals surface area contributed by atoms with Crippen LogP contribution in [0.5, 0.6) is 0 Å². The average molecular weight is 342 g/mol. The van der Waals surface area contributed by atoms with Crippen LogP contribution in [0.1, 0.15) is 15.9 Å². The summed E-state index contributed by atoms with van der Waals surface area (Å²) in [6.07, 6.45) is -4.84. The van der Waals surface area contributed by atoms with E-state index in [1.54, 1.807) is 6.07 Å². The Balaban J connectivity index is 2.27. The smallest absolute Gasteiger partial charge is 0.421 e. The van der Waals surface area contributed by atoms with Gasteiger partial charge < -0.3 is 9.64 Å². The third kappa shape index (κ3) is 2.25. The number of alkyl halides is 3. The summed E-state index contributed by atoms with van der Waals surface area (Å²) in [5, 5.41) is 0.244. The van der Waals surface area contributed by atoms with E-state index in [0.29, 0.717) is 0 Å². The summed E-state index contributed by atoms with van der Waals surface area (Å²) in [6.45, 7) is 0. The molecule has 0 N–H and O–H groups in total. The van der Waals surface area contributed by atoms with Gasteiger partial charge >= 0.3 is 17.9 Å². The number of cyclic esters (lactones) is 1. The second-order valence-electron chi connectivity index (χ2n) is 5.12. The number of hydrogen-bond acceptors (Lipinski definition) is 3. The van der Waals surface area contributed by atoms with Gasteiger partial charge in [-0.2, -0.15) is 13.2 Å². The lowest BCUT2D eigenvalue weighted by Crippen LogP contribution is -2.60. The summed E-state index contributed by atoms with van der Waals surface area (Å²) < 4.78 is 46.7. The van der Waals surface area contributed by atoms with Gasteiger partial charge in [0.25, 0.3) is 0 Å². The summed E-state index contributed by atoms with van der Waals surface area (Å²) in [7, 11) is 1.24. The van der Waals surface area contributed by atoms with Crippen LogP contribution in [-0.4, -0.2) is 19.2 Å². The zero-order valence-corrected chi connectivity index (χ0v) is 12.7. The molecule has 0 bridgehead atoms. The maximum Gasteiger partial charge on any atom is 0.453 e. The van der Waals surface area contributed by atoms with Crippen molar-refractivity contribution < 1.29 is 22.7 Å². The van der Waals surface area contributed by atoms with Crippen molar-refractivity contribution in [2.24, 2.45) is 0 Å². The number of halogens is 4. The molecular weight excluding hydrogens is 331 g/mol. The van der Waals surface area contributed by atoms with Crippen LogP contribution in [0.3, 0.4) is 0 Å². The molecule has 0 aromatic heterocycles. The molecule has 7 heteroatoms. The molecule has 0 aliphatic carbocycles. The van der Waals surface area contributed by atoms with Crippen LogP contribution >= 0.6 is 11.6 Å².